The molecule has 2 aromatic heterocycles. The first-order valence-corrected chi connectivity index (χ1v) is 10.8. The van der Waals surface area contributed by atoms with Gasteiger partial charge in [-0.25, -0.2) is 9.78 Å². The third kappa shape index (κ3) is 3.71. The second-order valence-electron chi connectivity index (χ2n) is 7.93. The van der Waals surface area contributed by atoms with Crippen LogP contribution in [0.3, 0.4) is 0 Å². The largest absolute Gasteiger partial charge is 0.332 e. The van der Waals surface area contributed by atoms with E-state index in [1.807, 2.05) is 28.8 Å². The smallest absolute Gasteiger partial charge is 0.317 e. The summed E-state index contributed by atoms with van der Waals surface area (Å²) in [5.41, 5.74) is 1.36. The highest BCUT2D eigenvalue weighted by atomic mass is 79.9. The lowest BCUT2D eigenvalue weighted by Gasteiger charge is -2.33. The molecule has 1 saturated heterocycles. The minimum absolute atomic E-state index is 0.300. The number of piperidine rings is 1. The van der Waals surface area contributed by atoms with Crippen LogP contribution in [0.25, 0.3) is 11.2 Å². The summed E-state index contributed by atoms with van der Waals surface area (Å²) >= 11 is 3.47. The average Bonchev–Trinajstić information content (AvgIpc) is 3.06. The molecule has 154 valence electrons. The quantitative estimate of drug-likeness (QED) is 0.601. The molecule has 0 spiro atoms. The van der Waals surface area contributed by atoms with Crippen molar-refractivity contribution in [2.45, 2.75) is 45.3 Å². The number of hydrogen-bond acceptors (Lipinski definition) is 4. The maximum Gasteiger partial charge on any atom is 0.332 e. The van der Waals surface area contributed by atoms with Gasteiger partial charge in [0.1, 0.15) is 5.82 Å². The number of aryl methyl sites for hydroxylation is 1. The summed E-state index contributed by atoms with van der Waals surface area (Å²) in [6.07, 6.45) is 3.60. The van der Waals surface area contributed by atoms with Crippen LogP contribution in [0.1, 0.15) is 37.6 Å². The van der Waals surface area contributed by atoms with Crippen LogP contribution >= 0.6 is 15.9 Å². The van der Waals surface area contributed by atoms with Crippen LogP contribution in [0.4, 0.5) is 0 Å². The fraction of sp³-hybridized carbons (Fsp3) is 0.476. The average molecular weight is 460 g/mol. The SMILES string of the molecule is C[C@H]1CCCCN1Cc1nc2c(c(=O)n(C)c(=O)n2C)n1Cc1ccc(Br)cc1. The molecule has 3 heterocycles. The predicted molar refractivity (Wildman–Crippen MR) is 117 cm³/mol. The number of nitrogens with zero attached hydrogens (tertiary/aromatic N) is 5. The summed E-state index contributed by atoms with van der Waals surface area (Å²) in [6.45, 7) is 4.48. The molecule has 0 radical (unpaired) electrons. The molecule has 1 atom stereocenters. The van der Waals surface area contributed by atoms with Crippen LogP contribution in [0.2, 0.25) is 0 Å². The minimum Gasteiger partial charge on any atom is -0.317 e. The Bertz CT molecular complexity index is 1160. The van der Waals surface area contributed by atoms with E-state index < -0.39 is 0 Å². The van der Waals surface area contributed by atoms with Crippen molar-refractivity contribution in [3.8, 4) is 0 Å². The standard InChI is InChI=1S/C21H26BrN5O2/c1-14-6-4-5-11-26(14)13-17-23-19-18(20(28)25(3)21(29)24(19)2)27(17)12-15-7-9-16(22)10-8-15/h7-10,14H,4-6,11-13H2,1-3H3/t14-/m0/s1. The van der Waals surface area contributed by atoms with E-state index in [0.717, 1.165) is 27.0 Å². The molecule has 4 rings (SSSR count). The zero-order valence-corrected chi connectivity index (χ0v) is 18.6. The Morgan fingerprint density at radius 3 is 2.48 bits per heavy atom. The molecule has 1 aliphatic rings. The molecule has 7 nitrogen and oxygen atoms in total. The van der Waals surface area contributed by atoms with Crippen molar-refractivity contribution in [1.82, 2.24) is 23.6 Å². The van der Waals surface area contributed by atoms with Gasteiger partial charge in [-0.1, -0.05) is 34.5 Å². The van der Waals surface area contributed by atoms with E-state index in [4.69, 9.17) is 4.98 Å². The molecule has 0 amide bonds. The first-order valence-electron chi connectivity index (χ1n) is 10.0. The van der Waals surface area contributed by atoms with Crippen LogP contribution in [-0.2, 0) is 27.2 Å². The van der Waals surface area contributed by atoms with E-state index in [1.165, 1.54) is 30.9 Å². The molecule has 1 fully saturated rings. The number of aromatic nitrogens is 4. The van der Waals surface area contributed by atoms with Crippen LogP contribution in [0.5, 0.6) is 0 Å². The highest BCUT2D eigenvalue weighted by molar-refractivity contribution is 9.10. The van der Waals surface area contributed by atoms with Gasteiger partial charge >= 0.3 is 5.69 Å². The molecular weight excluding hydrogens is 434 g/mol. The predicted octanol–water partition coefficient (Wildman–Crippen LogP) is 2.62. The van der Waals surface area contributed by atoms with E-state index in [9.17, 15) is 9.59 Å². The molecule has 8 heteroatoms. The molecule has 0 unspecified atom stereocenters. The molecule has 0 aliphatic carbocycles. The van der Waals surface area contributed by atoms with Gasteiger partial charge in [0.05, 0.1) is 6.54 Å². The second-order valence-corrected chi connectivity index (χ2v) is 8.85. The van der Waals surface area contributed by atoms with Crippen LogP contribution in [0, 0.1) is 0 Å². The van der Waals surface area contributed by atoms with Crippen molar-refractivity contribution in [2.24, 2.45) is 14.1 Å². The first-order chi connectivity index (χ1) is 13.9. The van der Waals surface area contributed by atoms with E-state index in [2.05, 4.69) is 27.8 Å². The Morgan fingerprint density at radius 1 is 1.07 bits per heavy atom. The van der Waals surface area contributed by atoms with Crippen molar-refractivity contribution in [3.63, 3.8) is 0 Å². The summed E-state index contributed by atoms with van der Waals surface area (Å²) in [5.74, 6) is 0.829. The summed E-state index contributed by atoms with van der Waals surface area (Å²) in [7, 11) is 3.20. The van der Waals surface area contributed by atoms with E-state index in [-0.39, 0.29) is 11.2 Å². The number of hydrogen-bond donors (Lipinski definition) is 0. The van der Waals surface area contributed by atoms with Gasteiger partial charge in [-0.2, -0.15) is 0 Å². The number of likely N-dealkylation sites (tertiary alicyclic amines) is 1. The van der Waals surface area contributed by atoms with Crippen LogP contribution in [0.15, 0.2) is 38.3 Å². The Kier molecular flexibility index (Phi) is 5.48. The molecule has 0 N–H and O–H groups in total. The van der Waals surface area contributed by atoms with Gasteiger partial charge in [0.25, 0.3) is 5.56 Å². The van der Waals surface area contributed by atoms with Gasteiger partial charge in [-0.3, -0.25) is 18.8 Å². The molecule has 1 aliphatic heterocycles. The Morgan fingerprint density at radius 2 is 1.79 bits per heavy atom. The second kappa shape index (κ2) is 7.91. The fourth-order valence-corrected chi connectivity index (χ4v) is 4.39. The number of benzene rings is 1. The first kappa shape index (κ1) is 20.1. The summed E-state index contributed by atoms with van der Waals surface area (Å²) in [5, 5.41) is 0. The van der Waals surface area contributed by atoms with Crippen LogP contribution < -0.4 is 11.2 Å². The topological polar surface area (TPSA) is 65.1 Å². The Hall–Kier alpha value is -2.19. The number of rotatable bonds is 4. The van der Waals surface area contributed by atoms with Gasteiger partial charge in [0.15, 0.2) is 11.2 Å². The van der Waals surface area contributed by atoms with Gasteiger partial charge < -0.3 is 4.57 Å². The van der Waals surface area contributed by atoms with E-state index >= 15 is 0 Å². The summed E-state index contributed by atoms with van der Waals surface area (Å²) in [4.78, 5) is 32.6. The fourth-order valence-electron chi connectivity index (χ4n) is 4.13. The lowest BCUT2D eigenvalue weighted by atomic mass is 10.0. The third-order valence-electron chi connectivity index (χ3n) is 5.97. The van der Waals surface area contributed by atoms with Crippen LogP contribution in [-0.4, -0.2) is 36.2 Å². The van der Waals surface area contributed by atoms with Gasteiger partial charge in [-0.05, 0) is 44.0 Å². The van der Waals surface area contributed by atoms with Crippen molar-refractivity contribution in [1.29, 1.82) is 0 Å². The zero-order chi connectivity index (χ0) is 20.7. The number of fused-ring (bicyclic) bond motifs is 1. The molecule has 29 heavy (non-hydrogen) atoms. The van der Waals surface area contributed by atoms with Gasteiger partial charge in [0, 0.05) is 31.2 Å². The molecule has 0 bridgehead atoms. The number of imidazole rings is 1. The molecular formula is C21H26BrN5O2. The maximum absolute atomic E-state index is 13.0. The highest BCUT2D eigenvalue weighted by Gasteiger charge is 2.24. The molecule has 0 saturated carbocycles. The number of halogens is 1. The highest BCUT2D eigenvalue weighted by Crippen LogP contribution is 2.22. The monoisotopic (exact) mass is 459 g/mol. The molecule has 3 aromatic rings. The molecule has 1 aromatic carbocycles. The van der Waals surface area contributed by atoms with Crippen molar-refractivity contribution < 1.29 is 0 Å². The van der Waals surface area contributed by atoms with Crippen molar-refractivity contribution >= 4 is 27.1 Å². The maximum atomic E-state index is 13.0. The van der Waals surface area contributed by atoms with Gasteiger partial charge in [-0.15, -0.1) is 0 Å². The van der Waals surface area contributed by atoms with Crippen molar-refractivity contribution in [3.05, 3.63) is 61.0 Å². The normalized spacial score (nSPS) is 17.9. The zero-order valence-electron chi connectivity index (χ0n) is 17.1. The Labute approximate surface area is 177 Å². The van der Waals surface area contributed by atoms with Crippen molar-refractivity contribution in [2.75, 3.05) is 6.54 Å². The van der Waals surface area contributed by atoms with Gasteiger partial charge in [0.2, 0.25) is 0 Å². The Balaban J connectivity index is 1.87. The summed E-state index contributed by atoms with van der Waals surface area (Å²) < 4.78 is 5.63. The minimum atomic E-state index is -0.353. The summed E-state index contributed by atoms with van der Waals surface area (Å²) in [6, 6.07) is 8.55. The van der Waals surface area contributed by atoms with E-state index in [0.29, 0.717) is 30.3 Å². The lowest BCUT2D eigenvalue weighted by Crippen LogP contribution is -2.38. The third-order valence-corrected chi connectivity index (χ3v) is 6.49. The lowest BCUT2D eigenvalue weighted by molar-refractivity contribution is 0.147. The van der Waals surface area contributed by atoms with E-state index in [1.54, 1.807) is 7.05 Å².